The Morgan fingerprint density at radius 1 is 1.54 bits per heavy atom. The Hall–Kier alpha value is -1.26. The highest BCUT2D eigenvalue weighted by molar-refractivity contribution is 6.33. The molecule has 0 radical (unpaired) electrons. The Bertz CT molecular complexity index is 328. The molecule has 1 aromatic carbocycles. The summed E-state index contributed by atoms with van der Waals surface area (Å²) in [5.74, 6) is -0.307. The molecule has 0 aromatic heterocycles. The van der Waals surface area contributed by atoms with Crippen molar-refractivity contribution < 1.29 is 9.90 Å². The Morgan fingerprint density at radius 3 is 2.77 bits per heavy atom. The maximum atomic E-state index is 11.2. The number of phenolic OH excluding ortho intramolecular Hbond substituents is 1. The van der Waals surface area contributed by atoms with E-state index >= 15 is 0 Å². The molecule has 0 atom stereocenters. The number of carbonyl (C=O) groups excluding carboxylic acids is 1. The summed E-state index contributed by atoms with van der Waals surface area (Å²) < 4.78 is 0. The number of hydrogen-bond acceptors (Lipinski definition) is 3. The van der Waals surface area contributed by atoms with Crippen LogP contribution in [0, 0.1) is 0 Å². The number of aromatic hydroxyl groups is 1. The molecule has 0 aliphatic carbocycles. The summed E-state index contributed by atoms with van der Waals surface area (Å²) in [5.41, 5.74) is 5.17. The van der Waals surface area contributed by atoms with Gasteiger partial charge in [0.2, 0.25) is 0 Å². The van der Waals surface area contributed by atoms with E-state index in [0.29, 0.717) is 5.56 Å². The van der Waals surface area contributed by atoms with E-state index < -0.39 is 0 Å². The van der Waals surface area contributed by atoms with Crippen LogP contribution >= 0.6 is 11.6 Å². The van der Waals surface area contributed by atoms with Crippen LogP contribution in [0.1, 0.15) is 10.4 Å². The van der Waals surface area contributed by atoms with E-state index in [1.807, 2.05) is 0 Å². The maximum absolute atomic E-state index is 11.2. The summed E-state index contributed by atoms with van der Waals surface area (Å²) in [5, 5.41) is 9.23. The third-order valence-corrected chi connectivity index (χ3v) is 1.75. The van der Waals surface area contributed by atoms with Crippen molar-refractivity contribution in [3.8, 4) is 5.75 Å². The van der Waals surface area contributed by atoms with Gasteiger partial charge in [0.15, 0.2) is 0 Å². The molecule has 0 spiro atoms. The lowest BCUT2D eigenvalue weighted by Gasteiger charge is -2.04. The number of rotatable bonds is 2. The Morgan fingerprint density at radius 2 is 2.23 bits per heavy atom. The highest BCUT2D eigenvalue weighted by atomic mass is 35.5. The zero-order chi connectivity index (χ0) is 9.84. The molecular formula is C8H9ClN2O2. The molecule has 0 heterocycles. The summed E-state index contributed by atoms with van der Waals surface area (Å²) in [4.78, 5) is 11.2. The third-order valence-electron chi connectivity index (χ3n) is 1.44. The van der Waals surface area contributed by atoms with Crippen LogP contribution in [-0.2, 0) is 0 Å². The van der Waals surface area contributed by atoms with Crippen LogP contribution < -0.4 is 10.9 Å². The first-order valence-corrected chi connectivity index (χ1v) is 3.98. The molecular weight excluding hydrogens is 192 g/mol. The first kappa shape index (κ1) is 9.83. The first-order valence-electron chi connectivity index (χ1n) is 3.60. The minimum Gasteiger partial charge on any atom is -0.508 e. The van der Waals surface area contributed by atoms with Crippen LogP contribution in [0.3, 0.4) is 0 Å². The second-order valence-corrected chi connectivity index (χ2v) is 2.78. The lowest BCUT2D eigenvalue weighted by molar-refractivity contribution is 0.0938. The van der Waals surface area contributed by atoms with Crippen molar-refractivity contribution in [1.29, 1.82) is 0 Å². The van der Waals surface area contributed by atoms with Crippen molar-refractivity contribution in [2.24, 2.45) is 0 Å². The van der Waals surface area contributed by atoms with Crippen LogP contribution in [0.25, 0.3) is 0 Å². The zero-order valence-electron chi connectivity index (χ0n) is 6.97. The molecule has 0 aliphatic heterocycles. The lowest BCUT2D eigenvalue weighted by Crippen LogP contribution is -2.34. The van der Waals surface area contributed by atoms with Gasteiger partial charge >= 0.3 is 0 Å². The average molecular weight is 201 g/mol. The van der Waals surface area contributed by atoms with Gasteiger partial charge in [-0.25, -0.2) is 5.43 Å². The van der Waals surface area contributed by atoms with Crippen molar-refractivity contribution in [1.82, 2.24) is 10.9 Å². The minimum absolute atomic E-state index is 0.0333. The molecule has 5 heteroatoms. The molecule has 0 unspecified atom stereocenters. The van der Waals surface area contributed by atoms with E-state index in [2.05, 4.69) is 10.9 Å². The standard InChI is InChI=1S/C8H9ClN2O2/c1-10-11-8(13)6-3-2-5(12)4-7(6)9/h2-4,10,12H,1H3,(H,11,13). The number of hydrogen-bond donors (Lipinski definition) is 3. The smallest absolute Gasteiger partial charge is 0.266 e. The Labute approximate surface area is 80.5 Å². The average Bonchev–Trinajstić information content (AvgIpc) is 2.04. The number of halogens is 1. The van der Waals surface area contributed by atoms with Gasteiger partial charge in [0.05, 0.1) is 10.6 Å². The van der Waals surface area contributed by atoms with E-state index in [1.165, 1.54) is 18.2 Å². The number of hydrazine groups is 1. The van der Waals surface area contributed by atoms with Crippen molar-refractivity contribution in [2.45, 2.75) is 0 Å². The third kappa shape index (κ3) is 2.34. The van der Waals surface area contributed by atoms with Gasteiger partial charge in [-0.15, -0.1) is 0 Å². The zero-order valence-corrected chi connectivity index (χ0v) is 7.72. The van der Waals surface area contributed by atoms with Crippen LogP contribution in [0.2, 0.25) is 5.02 Å². The van der Waals surface area contributed by atoms with E-state index in [0.717, 1.165) is 0 Å². The number of amides is 1. The second kappa shape index (κ2) is 4.11. The summed E-state index contributed by atoms with van der Waals surface area (Å²) >= 11 is 5.71. The van der Waals surface area contributed by atoms with Gasteiger partial charge in [-0.1, -0.05) is 11.6 Å². The van der Waals surface area contributed by atoms with Gasteiger partial charge in [0, 0.05) is 7.05 Å². The van der Waals surface area contributed by atoms with Crippen molar-refractivity contribution in [3.05, 3.63) is 28.8 Å². The van der Waals surface area contributed by atoms with Crippen LogP contribution in [0.15, 0.2) is 18.2 Å². The second-order valence-electron chi connectivity index (χ2n) is 2.37. The largest absolute Gasteiger partial charge is 0.508 e. The summed E-state index contributed by atoms with van der Waals surface area (Å²) in [6, 6.07) is 4.16. The van der Waals surface area contributed by atoms with Gasteiger partial charge in [-0.2, -0.15) is 0 Å². The molecule has 1 rings (SSSR count). The fourth-order valence-corrected chi connectivity index (χ4v) is 1.13. The summed E-state index contributed by atoms with van der Waals surface area (Å²) in [7, 11) is 1.58. The quantitative estimate of drug-likeness (QED) is 0.622. The molecule has 0 saturated heterocycles. The van der Waals surface area contributed by atoms with E-state index in [1.54, 1.807) is 7.05 Å². The highest BCUT2D eigenvalue weighted by Gasteiger charge is 2.09. The van der Waals surface area contributed by atoms with Crippen LogP contribution in [-0.4, -0.2) is 18.1 Å². The predicted octanol–water partition coefficient (Wildman–Crippen LogP) is 0.910. The highest BCUT2D eigenvalue weighted by Crippen LogP contribution is 2.20. The van der Waals surface area contributed by atoms with E-state index in [-0.39, 0.29) is 16.7 Å². The number of benzene rings is 1. The molecule has 3 N–H and O–H groups in total. The summed E-state index contributed by atoms with van der Waals surface area (Å²) in [6.07, 6.45) is 0. The van der Waals surface area contributed by atoms with Gasteiger partial charge < -0.3 is 5.11 Å². The maximum Gasteiger partial charge on any atom is 0.266 e. The minimum atomic E-state index is -0.340. The number of nitrogens with one attached hydrogen (secondary N) is 2. The van der Waals surface area contributed by atoms with Crippen LogP contribution in [0.5, 0.6) is 5.75 Å². The molecule has 0 saturated carbocycles. The molecule has 4 nitrogen and oxygen atoms in total. The molecule has 70 valence electrons. The van der Waals surface area contributed by atoms with Gasteiger partial charge in [-0.05, 0) is 18.2 Å². The SMILES string of the molecule is CNNC(=O)c1ccc(O)cc1Cl. The van der Waals surface area contributed by atoms with Crippen molar-refractivity contribution in [3.63, 3.8) is 0 Å². The van der Waals surface area contributed by atoms with E-state index in [4.69, 9.17) is 16.7 Å². The summed E-state index contributed by atoms with van der Waals surface area (Å²) in [6.45, 7) is 0. The van der Waals surface area contributed by atoms with Crippen molar-refractivity contribution in [2.75, 3.05) is 7.05 Å². The molecule has 0 fully saturated rings. The Kier molecular flexibility index (Phi) is 3.11. The van der Waals surface area contributed by atoms with Crippen LogP contribution in [0.4, 0.5) is 0 Å². The fraction of sp³-hybridized carbons (Fsp3) is 0.125. The molecule has 13 heavy (non-hydrogen) atoms. The monoisotopic (exact) mass is 200 g/mol. The van der Waals surface area contributed by atoms with Gasteiger partial charge in [0.1, 0.15) is 5.75 Å². The number of carbonyl (C=O) groups is 1. The number of phenols is 1. The normalized spacial score (nSPS) is 9.69. The molecule has 1 amide bonds. The molecule has 0 aliphatic rings. The fourth-order valence-electron chi connectivity index (χ4n) is 0.869. The first-order chi connectivity index (χ1) is 6.15. The predicted molar refractivity (Wildman–Crippen MR) is 49.6 cm³/mol. The van der Waals surface area contributed by atoms with Gasteiger partial charge in [-0.3, -0.25) is 10.2 Å². The lowest BCUT2D eigenvalue weighted by atomic mass is 10.2. The van der Waals surface area contributed by atoms with Gasteiger partial charge in [0.25, 0.3) is 5.91 Å². The Balaban J connectivity index is 2.95. The molecule has 1 aromatic rings. The van der Waals surface area contributed by atoms with E-state index in [9.17, 15) is 4.79 Å². The van der Waals surface area contributed by atoms with Crippen molar-refractivity contribution >= 4 is 17.5 Å². The topological polar surface area (TPSA) is 61.4 Å². The molecule has 0 bridgehead atoms.